The van der Waals surface area contributed by atoms with E-state index >= 15 is 0 Å². The van der Waals surface area contributed by atoms with E-state index < -0.39 is 0 Å². The van der Waals surface area contributed by atoms with Gasteiger partial charge in [0.1, 0.15) is 24.4 Å². The molecular weight excluding hydrogens is 311 g/mol. The minimum atomic E-state index is 0.309. The summed E-state index contributed by atoms with van der Waals surface area (Å²) in [6, 6.07) is 8.66. The molecule has 5 heteroatoms. The van der Waals surface area contributed by atoms with Crippen LogP contribution < -0.4 is 9.47 Å². The fourth-order valence-corrected chi connectivity index (χ4v) is 2.82. The Labute approximate surface area is 132 Å². The van der Waals surface area contributed by atoms with Crippen LogP contribution in [0.4, 0.5) is 0 Å². The smallest absolute Gasteiger partial charge is 0.150 e. The van der Waals surface area contributed by atoms with Gasteiger partial charge in [0.05, 0.1) is 11.6 Å². The summed E-state index contributed by atoms with van der Waals surface area (Å²) in [5.41, 5.74) is 2.51. The highest BCUT2D eigenvalue weighted by molar-refractivity contribution is 6.32. The number of carbonyl (C=O) groups excluding carboxylic acids is 1. The molecule has 0 N–H and O–H groups in total. The molecule has 0 bridgehead atoms. The molecule has 3 nitrogen and oxygen atoms in total. The van der Waals surface area contributed by atoms with Gasteiger partial charge in [0.2, 0.25) is 0 Å². The number of ether oxygens (including phenoxy) is 2. The number of carbonyl (C=O) groups is 1. The van der Waals surface area contributed by atoms with E-state index in [0.29, 0.717) is 34.6 Å². The first-order valence-electron chi connectivity index (χ1n) is 6.49. The molecule has 2 aromatic rings. The Kier molecular flexibility index (Phi) is 4.04. The molecule has 21 heavy (non-hydrogen) atoms. The van der Waals surface area contributed by atoms with Gasteiger partial charge >= 0.3 is 0 Å². The largest absolute Gasteiger partial charge is 0.493 e. The number of rotatable bonds is 4. The molecule has 108 valence electrons. The molecule has 3 rings (SSSR count). The van der Waals surface area contributed by atoms with E-state index in [9.17, 15) is 4.79 Å². The summed E-state index contributed by atoms with van der Waals surface area (Å²) in [6.07, 6.45) is 1.60. The molecule has 2 aromatic carbocycles. The maximum Gasteiger partial charge on any atom is 0.150 e. The normalized spacial score (nSPS) is 12.7. The van der Waals surface area contributed by atoms with Crippen molar-refractivity contribution in [3.05, 3.63) is 57.1 Å². The van der Waals surface area contributed by atoms with Gasteiger partial charge in [-0.1, -0.05) is 23.2 Å². The molecule has 0 amide bonds. The van der Waals surface area contributed by atoms with Crippen LogP contribution in [0.3, 0.4) is 0 Å². The number of hydrogen-bond acceptors (Lipinski definition) is 3. The molecule has 1 heterocycles. The van der Waals surface area contributed by atoms with Crippen molar-refractivity contribution < 1.29 is 14.3 Å². The molecule has 1 aliphatic heterocycles. The van der Waals surface area contributed by atoms with Gasteiger partial charge in [0.25, 0.3) is 0 Å². The first-order valence-corrected chi connectivity index (χ1v) is 7.24. The number of aldehydes is 1. The Hall–Kier alpha value is -1.71. The van der Waals surface area contributed by atoms with Gasteiger partial charge < -0.3 is 9.47 Å². The summed E-state index contributed by atoms with van der Waals surface area (Å²) >= 11 is 12.2. The van der Waals surface area contributed by atoms with Gasteiger partial charge in [0, 0.05) is 22.6 Å². The maximum atomic E-state index is 10.7. The van der Waals surface area contributed by atoms with Crippen LogP contribution in [0, 0.1) is 0 Å². The Morgan fingerprint density at radius 3 is 2.86 bits per heavy atom. The average Bonchev–Trinajstić information content (AvgIpc) is 2.93. The molecule has 0 saturated carbocycles. The Morgan fingerprint density at radius 2 is 2.10 bits per heavy atom. The predicted octanol–water partition coefficient (Wildman–Crippen LogP) is 4.32. The van der Waals surface area contributed by atoms with Crippen molar-refractivity contribution in [1.29, 1.82) is 0 Å². The molecule has 0 saturated heterocycles. The zero-order chi connectivity index (χ0) is 14.8. The van der Waals surface area contributed by atoms with Crippen molar-refractivity contribution in [2.24, 2.45) is 0 Å². The Bertz CT molecular complexity index is 698. The van der Waals surface area contributed by atoms with E-state index in [0.717, 1.165) is 29.6 Å². The zero-order valence-electron chi connectivity index (χ0n) is 11.1. The summed E-state index contributed by atoms with van der Waals surface area (Å²) in [7, 11) is 0. The fraction of sp³-hybridized carbons (Fsp3) is 0.188. The lowest BCUT2D eigenvalue weighted by Crippen LogP contribution is -1.99. The van der Waals surface area contributed by atoms with Crippen LogP contribution in [-0.2, 0) is 13.0 Å². The summed E-state index contributed by atoms with van der Waals surface area (Å²) < 4.78 is 11.3. The van der Waals surface area contributed by atoms with E-state index in [1.165, 1.54) is 0 Å². The van der Waals surface area contributed by atoms with Gasteiger partial charge in [-0.25, -0.2) is 0 Å². The highest BCUT2D eigenvalue weighted by Gasteiger charge is 2.18. The fourth-order valence-electron chi connectivity index (χ4n) is 2.32. The monoisotopic (exact) mass is 322 g/mol. The minimum Gasteiger partial charge on any atom is -0.493 e. The van der Waals surface area contributed by atoms with Crippen LogP contribution >= 0.6 is 23.2 Å². The van der Waals surface area contributed by atoms with Crippen LogP contribution in [0.15, 0.2) is 30.3 Å². The molecule has 0 aliphatic carbocycles. The molecular formula is C16H12Cl2O3. The third-order valence-corrected chi connectivity index (χ3v) is 3.81. The summed E-state index contributed by atoms with van der Waals surface area (Å²) in [4.78, 5) is 10.7. The quantitative estimate of drug-likeness (QED) is 0.786. The molecule has 0 fully saturated rings. The maximum absolute atomic E-state index is 10.7. The number of hydrogen-bond donors (Lipinski definition) is 0. The standard InChI is InChI=1S/C16H12Cl2O3/c17-13-6-11-3-4-20-16(11)12(7-13)9-21-15-2-1-10(8-19)5-14(15)18/h1-2,5-8H,3-4,9H2. The molecule has 0 atom stereocenters. The molecule has 0 radical (unpaired) electrons. The van der Waals surface area contributed by atoms with Crippen LogP contribution in [0.2, 0.25) is 10.0 Å². The lowest BCUT2D eigenvalue weighted by molar-refractivity contribution is 0.112. The molecule has 0 spiro atoms. The Morgan fingerprint density at radius 1 is 1.24 bits per heavy atom. The van der Waals surface area contributed by atoms with Crippen molar-refractivity contribution in [3.8, 4) is 11.5 Å². The third kappa shape index (κ3) is 2.99. The van der Waals surface area contributed by atoms with Crippen LogP contribution in [0.1, 0.15) is 21.5 Å². The van der Waals surface area contributed by atoms with Crippen molar-refractivity contribution in [3.63, 3.8) is 0 Å². The van der Waals surface area contributed by atoms with E-state index in [2.05, 4.69) is 0 Å². The van der Waals surface area contributed by atoms with E-state index in [1.54, 1.807) is 18.2 Å². The van der Waals surface area contributed by atoms with Gasteiger partial charge in [-0.05, 0) is 35.9 Å². The van der Waals surface area contributed by atoms with Crippen molar-refractivity contribution in [2.75, 3.05) is 6.61 Å². The minimum absolute atomic E-state index is 0.309. The summed E-state index contributed by atoms with van der Waals surface area (Å²) in [6.45, 7) is 0.973. The SMILES string of the molecule is O=Cc1ccc(OCc2cc(Cl)cc3c2OCC3)c(Cl)c1. The zero-order valence-corrected chi connectivity index (χ0v) is 12.6. The molecule has 0 unspecified atom stereocenters. The first kappa shape index (κ1) is 14.2. The van der Waals surface area contributed by atoms with Crippen molar-refractivity contribution >= 4 is 29.5 Å². The molecule has 0 aromatic heterocycles. The lowest BCUT2D eigenvalue weighted by Gasteiger charge is -2.12. The topological polar surface area (TPSA) is 35.5 Å². The highest BCUT2D eigenvalue weighted by atomic mass is 35.5. The van der Waals surface area contributed by atoms with Gasteiger partial charge in [-0.2, -0.15) is 0 Å². The first-order chi connectivity index (χ1) is 10.2. The number of halogens is 2. The van der Waals surface area contributed by atoms with E-state index in [1.807, 2.05) is 12.1 Å². The molecule has 1 aliphatic rings. The van der Waals surface area contributed by atoms with Crippen LogP contribution in [0.25, 0.3) is 0 Å². The van der Waals surface area contributed by atoms with Crippen molar-refractivity contribution in [2.45, 2.75) is 13.0 Å². The highest BCUT2D eigenvalue weighted by Crippen LogP contribution is 2.34. The number of fused-ring (bicyclic) bond motifs is 1. The lowest BCUT2D eigenvalue weighted by atomic mass is 10.1. The van der Waals surface area contributed by atoms with Crippen LogP contribution in [0.5, 0.6) is 11.5 Å². The van der Waals surface area contributed by atoms with E-state index in [-0.39, 0.29) is 0 Å². The van der Waals surface area contributed by atoms with Crippen molar-refractivity contribution in [1.82, 2.24) is 0 Å². The number of benzene rings is 2. The second-order valence-electron chi connectivity index (χ2n) is 4.75. The third-order valence-electron chi connectivity index (χ3n) is 3.30. The average molecular weight is 323 g/mol. The summed E-state index contributed by atoms with van der Waals surface area (Å²) in [5.74, 6) is 1.37. The van der Waals surface area contributed by atoms with Gasteiger partial charge in [0.15, 0.2) is 0 Å². The van der Waals surface area contributed by atoms with E-state index in [4.69, 9.17) is 32.7 Å². The van der Waals surface area contributed by atoms with Gasteiger partial charge in [-0.3, -0.25) is 4.79 Å². The predicted molar refractivity (Wildman–Crippen MR) is 81.8 cm³/mol. The Balaban J connectivity index is 1.81. The van der Waals surface area contributed by atoms with Gasteiger partial charge in [-0.15, -0.1) is 0 Å². The second-order valence-corrected chi connectivity index (χ2v) is 5.59. The second kappa shape index (κ2) is 5.96. The summed E-state index contributed by atoms with van der Waals surface area (Å²) in [5, 5.41) is 1.07. The van der Waals surface area contributed by atoms with Crippen LogP contribution in [-0.4, -0.2) is 12.9 Å².